The third kappa shape index (κ3) is 3.56. The summed E-state index contributed by atoms with van der Waals surface area (Å²) in [5.74, 6) is -0.117. The Kier molecular flexibility index (Phi) is 5.14. The Bertz CT molecular complexity index is 990. The van der Waals surface area contributed by atoms with Gasteiger partial charge in [-0.15, -0.1) is 11.3 Å². The molecule has 2 aromatic carbocycles. The molecule has 0 spiro atoms. The van der Waals surface area contributed by atoms with Crippen LogP contribution in [0.5, 0.6) is 5.75 Å². The van der Waals surface area contributed by atoms with Gasteiger partial charge in [-0.1, -0.05) is 31.7 Å². The smallest absolute Gasteiger partial charge is 0.333 e. The van der Waals surface area contributed by atoms with Gasteiger partial charge in [0.25, 0.3) is 0 Å². The summed E-state index contributed by atoms with van der Waals surface area (Å²) in [6.07, 6.45) is 1.65. The van der Waals surface area contributed by atoms with Crippen LogP contribution in [-0.2, 0) is 9.53 Å². The molecule has 0 saturated carbocycles. The molecule has 1 aromatic heterocycles. The summed E-state index contributed by atoms with van der Waals surface area (Å²) in [6, 6.07) is 13.0. The van der Waals surface area contributed by atoms with Crippen molar-refractivity contribution >= 4 is 37.5 Å². The molecular weight excluding hydrogens is 336 g/mol. The van der Waals surface area contributed by atoms with E-state index in [1.807, 2.05) is 43.3 Å². The number of carbonyl (C=O) groups excluding carboxylic acids is 1. The fourth-order valence-electron chi connectivity index (χ4n) is 2.61. The average molecular weight is 354 g/mol. The summed E-state index contributed by atoms with van der Waals surface area (Å²) in [5.41, 5.74) is -0.0785. The minimum Gasteiger partial charge on any atom is -0.454 e. The van der Waals surface area contributed by atoms with Gasteiger partial charge in [-0.2, -0.15) is 0 Å². The molecule has 0 radical (unpaired) electrons. The topological polar surface area (TPSA) is 52.6 Å². The van der Waals surface area contributed by atoms with E-state index in [1.54, 1.807) is 6.07 Å². The molecule has 128 valence electrons. The molecule has 3 rings (SSSR count). The van der Waals surface area contributed by atoms with Crippen molar-refractivity contribution in [3.63, 3.8) is 0 Å². The molecule has 0 bridgehead atoms. The SMILES string of the molecule is C=CC(=O)OC(CCC)Oc1cccc2sc3ccccc3c(=O)c12. The van der Waals surface area contributed by atoms with Crippen LogP contribution >= 0.6 is 11.3 Å². The van der Waals surface area contributed by atoms with E-state index in [-0.39, 0.29) is 5.43 Å². The number of carbonyl (C=O) groups is 1. The number of hydrogen-bond donors (Lipinski definition) is 0. The molecule has 0 saturated heterocycles. The van der Waals surface area contributed by atoms with Gasteiger partial charge in [0, 0.05) is 27.3 Å². The van der Waals surface area contributed by atoms with Crippen LogP contribution in [0.3, 0.4) is 0 Å². The summed E-state index contributed by atoms with van der Waals surface area (Å²) >= 11 is 1.53. The quantitative estimate of drug-likeness (QED) is 0.280. The third-order valence-corrected chi connectivity index (χ3v) is 4.90. The normalized spacial score (nSPS) is 12.0. The molecule has 0 amide bonds. The van der Waals surface area contributed by atoms with Crippen LogP contribution in [0, 0.1) is 0 Å². The third-order valence-electron chi connectivity index (χ3n) is 3.76. The van der Waals surface area contributed by atoms with Crippen molar-refractivity contribution in [2.24, 2.45) is 0 Å². The first-order valence-corrected chi connectivity index (χ1v) is 8.90. The summed E-state index contributed by atoms with van der Waals surface area (Å²) in [6.45, 7) is 5.37. The minimum absolute atomic E-state index is 0.0785. The van der Waals surface area contributed by atoms with Gasteiger partial charge in [-0.25, -0.2) is 4.79 Å². The molecule has 0 N–H and O–H groups in total. The maximum atomic E-state index is 12.9. The Morgan fingerprint density at radius 1 is 1.20 bits per heavy atom. The fraction of sp³-hybridized carbons (Fsp3) is 0.200. The van der Waals surface area contributed by atoms with E-state index in [4.69, 9.17) is 9.47 Å². The molecular formula is C20H18O4S. The molecule has 1 unspecified atom stereocenters. The second-order valence-electron chi connectivity index (χ2n) is 5.53. The van der Waals surface area contributed by atoms with Crippen molar-refractivity contribution in [1.29, 1.82) is 0 Å². The molecule has 1 atom stereocenters. The van der Waals surface area contributed by atoms with Gasteiger partial charge < -0.3 is 9.47 Å². The Hall–Kier alpha value is -2.66. The number of ether oxygens (including phenoxy) is 2. The maximum absolute atomic E-state index is 12.9. The van der Waals surface area contributed by atoms with Gasteiger partial charge in [0.15, 0.2) is 5.43 Å². The minimum atomic E-state index is -0.753. The summed E-state index contributed by atoms with van der Waals surface area (Å²) in [4.78, 5) is 24.4. The van der Waals surface area contributed by atoms with E-state index in [0.717, 1.165) is 21.9 Å². The first-order chi connectivity index (χ1) is 12.1. The molecule has 0 fully saturated rings. The Labute approximate surface area is 149 Å². The highest BCUT2D eigenvalue weighted by Crippen LogP contribution is 2.31. The molecule has 0 aliphatic rings. The summed E-state index contributed by atoms with van der Waals surface area (Å²) < 4.78 is 12.9. The van der Waals surface area contributed by atoms with Gasteiger partial charge in [0.05, 0.1) is 5.39 Å². The molecule has 4 nitrogen and oxygen atoms in total. The molecule has 5 heteroatoms. The molecule has 0 aliphatic carbocycles. The van der Waals surface area contributed by atoms with Gasteiger partial charge in [-0.3, -0.25) is 4.79 Å². The predicted molar refractivity (Wildman–Crippen MR) is 101 cm³/mol. The number of hydrogen-bond acceptors (Lipinski definition) is 5. The van der Waals surface area contributed by atoms with Crippen LogP contribution in [-0.4, -0.2) is 12.3 Å². The van der Waals surface area contributed by atoms with Gasteiger partial charge in [0.2, 0.25) is 6.29 Å². The first kappa shape index (κ1) is 17.2. The fourth-order valence-corrected chi connectivity index (χ4v) is 3.71. The van der Waals surface area contributed by atoms with E-state index in [1.165, 1.54) is 11.3 Å². The van der Waals surface area contributed by atoms with Crippen LogP contribution in [0.1, 0.15) is 19.8 Å². The summed E-state index contributed by atoms with van der Waals surface area (Å²) in [7, 11) is 0. The lowest BCUT2D eigenvalue weighted by Gasteiger charge is -2.19. The lowest BCUT2D eigenvalue weighted by molar-refractivity contribution is -0.158. The maximum Gasteiger partial charge on any atom is 0.333 e. The standard InChI is InChI=1S/C20H18O4S/c1-3-8-18(24-17(21)4-2)23-14-10-7-12-16-19(14)20(22)13-9-5-6-11-15(13)25-16/h4-7,9-12,18H,2-3,8H2,1H3. The highest BCUT2D eigenvalue weighted by Gasteiger charge is 2.17. The van der Waals surface area contributed by atoms with Crippen LogP contribution in [0.2, 0.25) is 0 Å². The molecule has 3 aromatic rings. The van der Waals surface area contributed by atoms with Crippen molar-refractivity contribution in [2.45, 2.75) is 26.1 Å². The Balaban J connectivity index is 2.09. The van der Waals surface area contributed by atoms with Gasteiger partial charge in [-0.05, 0) is 30.7 Å². The lowest BCUT2D eigenvalue weighted by atomic mass is 10.1. The lowest BCUT2D eigenvalue weighted by Crippen LogP contribution is -2.23. The van der Waals surface area contributed by atoms with Crippen molar-refractivity contribution in [3.8, 4) is 5.75 Å². The van der Waals surface area contributed by atoms with Crippen molar-refractivity contribution in [3.05, 3.63) is 65.3 Å². The molecule has 1 heterocycles. The number of rotatable bonds is 6. The van der Waals surface area contributed by atoms with Gasteiger partial charge >= 0.3 is 5.97 Å². The largest absolute Gasteiger partial charge is 0.454 e. The predicted octanol–water partition coefficient (Wildman–Crippen LogP) is 4.65. The Morgan fingerprint density at radius 2 is 1.96 bits per heavy atom. The second-order valence-corrected chi connectivity index (χ2v) is 6.62. The zero-order valence-electron chi connectivity index (χ0n) is 13.9. The number of fused-ring (bicyclic) bond motifs is 2. The van der Waals surface area contributed by atoms with E-state index in [0.29, 0.717) is 22.9 Å². The number of esters is 1. The zero-order valence-corrected chi connectivity index (χ0v) is 14.7. The monoisotopic (exact) mass is 354 g/mol. The zero-order chi connectivity index (χ0) is 17.8. The van der Waals surface area contributed by atoms with Crippen LogP contribution < -0.4 is 10.2 Å². The van der Waals surface area contributed by atoms with E-state index < -0.39 is 12.3 Å². The summed E-state index contributed by atoms with van der Waals surface area (Å²) in [5, 5.41) is 1.17. The second kappa shape index (κ2) is 7.49. The Morgan fingerprint density at radius 3 is 2.72 bits per heavy atom. The average Bonchev–Trinajstić information content (AvgIpc) is 2.62. The van der Waals surface area contributed by atoms with Gasteiger partial charge in [0.1, 0.15) is 5.75 Å². The first-order valence-electron chi connectivity index (χ1n) is 8.08. The van der Waals surface area contributed by atoms with Crippen molar-refractivity contribution < 1.29 is 14.3 Å². The van der Waals surface area contributed by atoms with E-state index in [9.17, 15) is 9.59 Å². The molecule has 0 aliphatic heterocycles. The number of benzene rings is 2. The highest BCUT2D eigenvalue weighted by molar-refractivity contribution is 7.24. The van der Waals surface area contributed by atoms with Crippen molar-refractivity contribution in [2.75, 3.05) is 0 Å². The highest BCUT2D eigenvalue weighted by atomic mass is 32.1. The van der Waals surface area contributed by atoms with Crippen LogP contribution in [0.4, 0.5) is 0 Å². The van der Waals surface area contributed by atoms with Crippen molar-refractivity contribution in [1.82, 2.24) is 0 Å². The van der Waals surface area contributed by atoms with Crippen LogP contribution in [0.15, 0.2) is 59.9 Å². The van der Waals surface area contributed by atoms with E-state index >= 15 is 0 Å². The van der Waals surface area contributed by atoms with E-state index in [2.05, 4.69) is 6.58 Å². The molecule has 25 heavy (non-hydrogen) atoms. The van der Waals surface area contributed by atoms with Crippen LogP contribution in [0.25, 0.3) is 20.2 Å².